The second-order valence-electron chi connectivity index (χ2n) is 4.68. The standard InChI is InChI=1S/C13H26N2O/c1-2-3-6-9-14-12-13(16)15-10-7-4-5-8-11-15/h14H,2-12H2,1H3. The first-order valence-corrected chi connectivity index (χ1v) is 6.83. The highest BCUT2D eigenvalue weighted by molar-refractivity contribution is 5.78. The molecule has 0 spiro atoms. The fourth-order valence-electron chi connectivity index (χ4n) is 2.13. The molecule has 0 saturated carbocycles. The van der Waals surface area contributed by atoms with Gasteiger partial charge < -0.3 is 10.2 Å². The Morgan fingerprint density at radius 1 is 1.12 bits per heavy atom. The van der Waals surface area contributed by atoms with E-state index in [1.54, 1.807) is 0 Å². The lowest BCUT2D eigenvalue weighted by Crippen LogP contribution is -2.38. The van der Waals surface area contributed by atoms with Gasteiger partial charge in [-0.2, -0.15) is 0 Å². The molecule has 1 fully saturated rings. The summed E-state index contributed by atoms with van der Waals surface area (Å²) in [6.07, 6.45) is 8.61. The fourth-order valence-corrected chi connectivity index (χ4v) is 2.13. The van der Waals surface area contributed by atoms with Gasteiger partial charge in [0.2, 0.25) is 5.91 Å². The van der Waals surface area contributed by atoms with Crippen molar-refractivity contribution in [2.75, 3.05) is 26.2 Å². The van der Waals surface area contributed by atoms with Gasteiger partial charge in [0.25, 0.3) is 0 Å². The van der Waals surface area contributed by atoms with Crippen LogP contribution in [0.25, 0.3) is 0 Å². The summed E-state index contributed by atoms with van der Waals surface area (Å²) < 4.78 is 0. The molecule has 1 saturated heterocycles. The Kier molecular flexibility index (Phi) is 7.23. The molecule has 1 amide bonds. The van der Waals surface area contributed by atoms with Crippen molar-refractivity contribution < 1.29 is 4.79 Å². The number of unbranched alkanes of at least 4 members (excludes halogenated alkanes) is 2. The number of likely N-dealkylation sites (tertiary alicyclic amines) is 1. The van der Waals surface area contributed by atoms with Crippen LogP contribution in [0.15, 0.2) is 0 Å². The molecule has 1 heterocycles. The molecule has 1 aliphatic heterocycles. The number of carbonyl (C=O) groups is 1. The first-order valence-electron chi connectivity index (χ1n) is 6.83. The van der Waals surface area contributed by atoms with E-state index in [4.69, 9.17) is 0 Å². The maximum absolute atomic E-state index is 11.8. The van der Waals surface area contributed by atoms with Crippen LogP contribution in [-0.2, 0) is 4.79 Å². The minimum atomic E-state index is 0.290. The molecule has 0 aromatic carbocycles. The smallest absolute Gasteiger partial charge is 0.236 e. The molecule has 0 aromatic heterocycles. The average molecular weight is 226 g/mol. The molecule has 1 N–H and O–H groups in total. The van der Waals surface area contributed by atoms with Gasteiger partial charge in [-0.3, -0.25) is 4.79 Å². The highest BCUT2D eigenvalue weighted by Crippen LogP contribution is 2.09. The fraction of sp³-hybridized carbons (Fsp3) is 0.923. The van der Waals surface area contributed by atoms with Crippen LogP contribution < -0.4 is 5.32 Å². The molecule has 0 unspecified atom stereocenters. The Balaban J connectivity index is 2.08. The van der Waals surface area contributed by atoms with Crippen LogP contribution in [0.5, 0.6) is 0 Å². The highest BCUT2D eigenvalue weighted by atomic mass is 16.2. The van der Waals surface area contributed by atoms with Gasteiger partial charge in [-0.05, 0) is 25.8 Å². The number of amides is 1. The lowest BCUT2D eigenvalue weighted by Gasteiger charge is -2.20. The number of nitrogens with zero attached hydrogens (tertiary/aromatic N) is 1. The van der Waals surface area contributed by atoms with Gasteiger partial charge in [0.05, 0.1) is 6.54 Å². The summed E-state index contributed by atoms with van der Waals surface area (Å²) in [5.41, 5.74) is 0. The van der Waals surface area contributed by atoms with Crippen molar-refractivity contribution in [2.24, 2.45) is 0 Å². The van der Waals surface area contributed by atoms with Crippen molar-refractivity contribution in [2.45, 2.75) is 51.9 Å². The van der Waals surface area contributed by atoms with Crippen molar-refractivity contribution in [1.29, 1.82) is 0 Å². The van der Waals surface area contributed by atoms with Gasteiger partial charge in [-0.25, -0.2) is 0 Å². The molecule has 0 aromatic rings. The number of carbonyl (C=O) groups excluding carboxylic acids is 1. The second-order valence-corrected chi connectivity index (χ2v) is 4.68. The molecule has 0 bridgehead atoms. The van der Waals surface area contributed by atoms with E-state index < -0.39 is 0 Å². The first-order chi connectivity index (χ1) is 7.84. The van der Waals surface area contributed by atoms with Crippen molar-refractivity contribution in [3.8, 4) is 0 Å². The van der Waals surface area contributed by atoms with E-state index in [0.29, 0.717) is 12.5 Å². The molecular weight excluding hydrogens is 200 g/mol. The summed E-state index contributed by atoms with van der Waals surface area (Å²) in [5.74, 6) is 0.290. The summed E-state index contributed by atoms with van der Waals surface area (Å²) in [5, 5.41) is 3.25. The minimum Gasteiger partial charge on any atom is -0.342 e. The molecule has 1 rings (SSSR count). The monoisotopic (exact) mass is 226 g/mol. The van der Waals surface area contributed by atoms with Crippen molar-refractivity contribution >= 4 is 5.91 Å². The normalized spacial score (nSPS) is 17.2. The molecule has 0 radical (unpaired) electrons. The molecule has 0 aliphatic carbocycles. The third-order valence-corrected chi connectivity index (χ3v) is 3.19. The largest absolute Gasteiger partial charge is 0.342 e. The van der Waals surface area contributed by atoms with E-state index in [9.17, 15) is 4.79 Å². The SMILES string of the molecule is CCCCCNCC(=O)N1CCCCCC1. The van der Waals surface area contributed by atoms with Crippen LogP contribution in [0, 0.1) is 0 Å². The van der Waals surface area contributed by atoms with E-state index in [1.807, 2.05) is 4.90 Å². The maximum Gasteiger partial charge on any atom is 0.236 e. The van der Waals surface area contributed by atoms with Crippen molar-refractivity contribution in [3.63, 3.8) is 0 Å². The van der Waals surface area contributed by atoms with E-state index >= 15 is 0 Å². The van der Waals surface area contributed by atoms with Gasteiger partial charge in [-0.15, -0.1) is 0 Å². The number of hydrogen-bond acceptors (Lipinski definition) is 2. The zero-order chi connectivity index (χ0) is 11.6. The van der Waals surface area contributed by atoms with Crippen LogP contribution in [-0.4, -0.2) is 37.0 Å². The first kappa shape index (κ1) is 13.5. The second kappa shape index (κ2) is 8.57. The summed E-state index contributed by atoms with van der Waals surface area (Å²) in [6.45, 7) is 5.64. The quantitative estimate of drug-likeness (QED) is 0.704. The third-order valence-electron chi connectivity index (χ3n) is 3.19. The molecule has 3 heteroatoms. The lowest BCUT2D eigenvalue weighted by atomic mass is 10.2. The van der Waals surface area contributed by atoms with Crippen LogP contribution in [0.1, 0.15) is 51.9 Å². The summed E-state index contributed by atoms with van der Waals surface area (Å²) in [4.78, 5) is 13.9. The Labute approximate surface area is 99.6 Å². The Morgan fingerprint density at radius 2 is 1.81 bits per heavy atom. The van der Waals surface area contributed by atoms with Gasteiger partial charge in [0.15, 0.2) is 0 Å². The number of hydrogen-bond donors (Lipinski definition) is 1. The maximum atomic E-state index is 11.8. The van der Waals surface area contributed by atoms with Gasteiger partial charge in [0, 0.05) is 13.1 Å². The minimum absolute atomic E-state index is 0.290. The zero-order valence-corrected chi connectivity index (χ0v) is 10.6. The Hall–Kier alpha value is -0.570. The van der Waals surface area contributed by atoms with E-state index in [2.05, 4.69) is 12.2 Å². The van der Waals surface area contributed by atoms with Gasteiger partial charge in [0.1, 0.15) is 0 Å². The van der Waals surface area contributed by atoms with E-state index in [-0.39, 0.29) is 0 Å². The zero-order valence-electron chi connectivity index (χ0n) is 10.6. The molecule has 16 heavy (non-hydrogen) atoms. The number of rotatable bonds is 6. The Morgan fingerprint density at radius 3 is 2.44 bits per heavy atom. The van der Waals surface area contributed by atoms with Crippen LogP contribution >= 0.6 is 0 Å². The summed E-state index contributed by atoms with van der Waals surface area (Å²) in [6, 6.07) is 0. The Bertz CT molecular complexity index is 186. The van der Waals surface area contributed by atoms with E-state index in [0.717, 1.165) is 19.6 Å². The highest BCUT2D eigenvalue weighted by Gasteiger charge is 2.14. The third kappa shape index (κ3) is 5.50. The molecule has 3 nitrogen and oxygen atoms in total. The predicted molar refractivity (Wildman–Crippen MR) is 67.4 cm³/mol. The lowest BCUT2D eigenvalue weighted by molar-refractivity contribution is -0.130. The van der Waals surface area contributed by atoms with Gasteiger partial charge in [-0.1, -0.05) is 32.6 Å². The molecular formula is C13H26N2O. The summed E-state index contributed by atoms with van der Waals surface area (Å²) in [7, 11) is 0. The van der Waals surface area contributed by atoms with Crippen LogP contribution in [0.2, 0.25) is 0 Å². The predicted octanol–water partition coefficient (Wildman–Crippen LogP) is 2.17. The molecule has 1 aliphatic rings. The van der Waals surface area contributed by atoms with Crippen molar-refractivity contribution in [3.05, 3.63) is 0 Å². The molecule has 0 atom stereocenters. The summed E-state index contributed by atoms with van der Waals surface area (Å²) >= 11 is 0. The average Bonchev–Trinajstić information content (AvgIpc) is 2.57. The van der Waals surface area contributed by atoms with Crippen LogP contribution in [0.4, 0.5) is 0 Å². The number of nitrogens with one attached hydrogen (secondary N) is 1. The van der Waals surface area contributed by atoms with Crippen molar-refractivity contribution in [1.82, 2.24) is 10.2 Å². The van der Waals surface area contributed by atoms with Gasteiger partial charge >= 0.3 is 0 Å². The topological polar surface area (TPSA) is 32.3 Å². The molecule has 94 valence electrons. The van der Waals surface area contributed by atoms with Crippen LogP contribution in [0.3, 0.4) is 0 Å². The van der Waals surface area contributed by atoms with E-state index in [1.165, 1.54) is 44.9 Å².